The predicted molar refractivity (Wildman–Crippen MR) is 111 cm³/mol. The Morgan fingerprint density at radius 1 is 1.00 bits per heavy atom. The van der Waals surface area contributed by atoms with Crippen molar-refractivity contribution in [1.29, 1.82) is 0 Å². The van der Waals surface area contributed by atoms with Crippen molar-refractivity contribution in [2.24, 2.45) is 0 Å². The van der Waals surface area contributed by atoms with Crippen LogP contribution in [0, 0.1) is 0 Å². The largest absolute Gasteiger partial charge is 0.376 e. The first-order valence-corrected chi connectivity index (χ1v) is 9.86. The van der Waals surface area contributed by atoms with Crippen molar-refractivity contribution in [2.45, 2.75) is 18.9 Å². The molecule has 1 fully saturated rings. The van der Waals surface area contributed by atoms with Gasteiger partial charge in [0.05, 0.1) is 17.4 Å². The number of ether oxygens (including phenoxy) is 1. The maximum Gasteiger partial charge on any atom is 0.255 e. The van der Waals surface area contributed by atoms with Crippen LogP contribution in [0.5, 0.6) is 0 Å². The van der Waals surface area contributed by atoms with E-state index in [0.717, 1.165) is 19.4 Å². The number of hydrogen-bond donors (Lipinski definition) is 3. The molecule has 152 valence electrons. The van der Waals surface area contributed by atoms with Crippen molar-refractivity contribution >= 4 is 40.7 Å². The fraction of sp³-hybridized carbons (Fsp3) is 0.286. The van der Waals surface area contributed by atoms with Gasteiger partial charge in [-0.05, 0) is 49.2 Å². The van der Waals surface area contributed by atoms with Gasteiger partial charge in [0.15, 0.2) is 0 Å². The first-order chi connectivity index (χ1) is 14.1. The summed E-state index contributed by atoms with van der Waals surface area (Å²) in [6, 6.07) is 13.2. The molecule has 0 aliphatic carbocycles. The van der Waals surface area contributed by atoms with E-state index in [1.54, 1.807) is 48.5 Å². The molecule has 2 aromatic rings. The van der Waals surface area contributed by atoms with Crippen molar-refractivity contribution < 1.29 is 19.1 Å². The lowest BCUT2D eigenvalue weighted by molar-refractivity contribution is -0.113. The molecule has 3 rings (SSSR count). The summed E-state index contributed by atoms with van der Waals surface area (Å²) in [5, 5.41) is 8.23. The topological polar surface area (TPSA) is 96.5 Å². The van der Waals surface area contributed by atoms with Crippen LogP contribution in [0.1, 0.15) is 33.6 Å². The van der Waals surface area contributed by atoms with Gasteiger partial charge in [-0.3, -0.25) is 14.4 Å². The second-order valence-corrected chi connectivity index (χ2v) is 6.87. The number of carbonyl (C=O) groups is 3. The van der Waals surface area contributed by atoms with E-state index in [1.807, 2.05) is 0 Å². The molecule has 1 unspecified atom stereocenters. The molecule has 7 nitrogen and oxygen atoms in total. The van der Waals surface area contributed by atoms with Crippen LogP contribution in [0.25, 0.3) is 0 Å². The van der Waals surface area contributed by atoms with Crippen molar-refractivity contribution in [3.8, 4) is 0 Å². The number of rotatable bonds is 7. The molecule has 0 spiro atoms. The van der Waals surface area contributed by atoms with E-state index in [9.17, 15) is 14.4 Å². The molecule has 3 amide bonds. The maximum absolute atomic E-state index is 12.6. The zero-order valence-corrected chi connectivity index (χ0v) is 16.5. The summed E-state index contributed by atoms with van der Waals surface area (Å²) < 4.78 is 5.51. The molecule has 8 heteroatoms. The lowest BCUT2D eigenvalue weighted by Crippen LogP contribution is -2.32. The van der Waals surface area contributed by atoms with Crippen molar-refractivity contribution in [3.63, 3.8) is 0 Å². The zero-order valence-electron chi connectivity index (χ0n) is 15.7. The first-order valence-electron chi connectivity index (χ1n) is 9.33. The number of halogens is 1. The van der Waals surface area contributed by atoms with Gasteiger partial charge in [0, 0.05) is 24.4 Å². The zero-order chi connectivity index (χ0) is 20.6. The number of anilines is 2. The molecule has 1 heterocycles. The van der Waals surface area contributed by atoms with Crippen LogP contribution in [0.4, 0.5) is 11.4 Å². The molecular formula is C21H22ClN3O4. The highest BCUT2D eigenvalue weighted by Gasteiger charge is 2.18. The molecule has 0 radical (unpaired) electrons. The molecule has 0 saturated carbocycles. The summed E-state index contributed by atoms with van der Waals surface area (Å²) >= 11 is 5.46. The number of hydrogen-bond acceptors (Lipinski definition) is 4. The van der Waals surface area contributed by atoms with Crippen LogP contribution in [0.15, 0.2) is 48.5 Å². The third-order valence-corrected chi connectivity index (χ3v) is 4.73. The number of benzene rings is 2. The second kappa shape index (κ2) is 10.0. The molecule has 3 N–H and O–H groups in total. The van der Waals surface area contributed by atoms with E-state index >= 15 is 0 Å². The Hall–Kier alpha value is -2.90. The Morgan fingerprint density at radius 2 is 1.76 bits per heavy atom. The average molecular weight is 416 g/mol. The quantitative estimate of drug-likeness (QED) is 0.605. The van der Waals surface area contributed by atoms with Gasteiger partial charge in [-0.25, -0.2) is 0 Å². The van der Waals surface area contributed by atoms with Gasteiger partial charge in [0.2, 0.25) is 5.91 Å². The van der Waals surface area contributed by atoms with Crippen LogP contribution in [-0.2, 0) is 9.53 Å². The third-order valence-electron chi connectivity index (χ3n) is 4.49. The van der Waals surface area contributed by atoms with E-state index in [-0.39, 0.29) is 29.7 Å². The van der Waals surface area contributed by atoms with Crippen molar-refractivity contribution in [1.82, 2.24) is 5.32 Å². The summed E-state index contributed by atoms with van der Waals surface area (Å²) in [6.45, 7) is 1.16. The molecular weight excluding hydrogens is 394 g/mol. The Balaban J connectivity index is 1.64. The Kier molecular flexibility index (Phi) is 7.21. The van der Waals surface area contributed by atoms with E-state index in [2.05, 4.69) is 16.0 Å². The summed E-state index contributed by atoms with van der Waals surface area (Å²) in [6.07, 6.45) is 1.97. The summed E-state index contributed by atoms with van der Waals surface area (Å²) in [4.78, 5) is 36.4. The predicted octanol–water partition coefficient (Wildman–Crippen LogP) is 3.03. The van der Waals surface area contributed by atoms with E-state index in [4.69, 9.17) is 16.3 Å². The minimum atomic E-state index is -0.361. The number of para-hydroxylation sites is 1. The average Bonchev–Trinajstić information content (AvgIpc) is 3.26. The number of nitrogens with one attached hydrogen (secondary N) is 3. The lowest BCUT2D eigenvalue weighted by Gasteiger charge is -2.14. The first kappa shape index (κ1) is 20.8. The van der Waals surface area contributed by atoms with Gasteiger partial charge < -0.3 is 20.7 Å². The molecule has 1 aliphatic rings. The number of alkyl halides is 1. The smallest absolute Gasteiger partial charge is 0.255 e. The summed E-state index contributed by atoms with van der Waals surface area (Å²) in [5.74, 6) is -1.10. The Labute approximate surface area is 173 Å². The fourth-order valence-electron chi connectivity index (χ4n) is 2.99. The minimum Gasteiger partial charge on any atom is -0.376 e. The van der Waals surface area contributed by atoms with E-state index < -0.39 is 0 Å². The maximum atomic E-state index is 12.6. The molecule has 0 aromatic heterocycles. The molecule has 1 saturated heterocycles. The van der Waals surface area contributed by atoms with Gasteiger partial charge in [0.1, 0.15) is 5.88 Å². The van der Waals surface area contributed by atoms with Crippen LogP contribution < -0.4 is 16.0 Å². The van der Waals surface area contributed by atoms with Crippen LogP contribution in [0.3, 0.4) is 0 Å². The summed E-state index contributed by atoms with van der Waals surface area (Å²) in [5.41, 5.74) is 1.73. The lowest BCUT2D eigenvalue weighted by atomic mass is 10.1. The number of carbonyl (C=O) groups excluding carboxylic acids is 3. The van der Waals surface area contributed by atoms with Crippen molar-refractivity contribution in [3.05, 3.63) is 59.7 Å². The standard InChI is InChI=1S/C21H22ClN3O4/c22-12-19(26)24-15-9-7-14(8-10-15)20(27)25-18-6-2-1-5-17(18)21(28)23-13-16-4-3-11-29-16/h1-2,5-10,16H,3-4,11-13H2,(H,23,28)(H,24,26)(H,25,27). The highest BCUT2D eigenvalue weighted by atomic mass is 35.5. The molecule has 29 heavy (non-hydrogen) atoms. The SMILES string of the molecule is O=C(CCl)Nc1ccc(C(=O)Nc2ccccc2C(=O)NCC2CCCO2)cc1. The number of amides is 3. The van der Waals surface area contributed by atoms with Gasteiger partial charge in [0.25, 0.3) is 11.8 Å². The Bertz CT molecular complexity index is 880. The molecule has 1 atom stereocenters. The van der Waals surface area contributed by atoms with Crippen molar-refractivity contribution in [2.75, 3.05) is 29.7 Å². The molecule has 2 aromatic carbocycles. The monoisotopic (exact) mass is 415 g/mol. The Morgan fingerprint density at radius 3 is 2.45 bits per heavy atom. The normalized spacial score (nSPS) is 15.6. The van der Waals surface area contributed by atoms with Gasteiger partial charge >= 0.3 is 0 Å². The molecule has 0 bridgehead atoms. The molecule has 1 aliphatic heterocycles. The highest BCUT2D eigenvalue weighted by Crippen LogP contribution is 2.18. The van der Waals surface area contributed by atoms with Crippen LogP contribution in [-0.4, -0.2) is 42.9 Å². The van der Waals surface area contributed by atoms with Gasteiger partial charge in [-0.15, -0.1) is 11.6 Å². The fourth-order valence-corrected chi connectivity index (χ4v) is 3.06. The minimum absolute atomic E-state index is 0.0403. The third kappa shape index (κ3) is 5.79. The summed E-state index contributed by atoms with van der Waals surface area (Å²) in [7, 11) is 0. The van der Waals surface area contributed by atoms with Crippen LogP contribution in [0.2, 0.25) is 0 Å². The van der Waals surface area contributed by atoms with E-state index in [1.165, 1.54) is 0 Å². The van der Waals surface area contributed by atoms with Gasteiger partial charge in [-0.2, -0.15) is 0 Å². The van der Waals surface area contributed by atoms with Crippen LogP contribution >= 0.6 is 11.6 Å². The second-order valence-electron chi connectivity index (χ2n) is 6.60. The van der Waals surface area contributed by atoms with E-state index in [0.29, 0.717) is 29.0 Å². The highest BCUT2D eigenvalue weighted by molar-refractivity contribution is 6.29. The van der Waals surface area contributed by atoms with Gasteiger partial charge in [-0.1, -0.05) is 12.1 Å².